The van der Waals surface area contributed by atoms with E-state index in [4.69, 9.17) is 4.74 Å². The number of ether oxygens (including phenoxy) is 1. The monoisotopic (exact) mass is 276 g/mol. The van der Waals surface area contributed by atoms with Crippen LogP contribution in [0.5, 0.6) is 0 Å². The van der Waals surface area contributed by atoms with Crippen LogP contribution < -0.4 is 4.72 Å². The highest BCUT2D eigenvalue weighted by Gasteiger charge is 2.24. The van der Waals surface area contributed by atoms with Gasteiger partial charge in [-0.25, -0.2) is 4.72 Å². The third-order valence-electron chi connectivity index (χ3n) is 3.87. The number of hydrogen-bond donors (Lipinski definition) is 1. The molecule has 0 atom stereocenters. The van der Waals surface area contributed by atoms with Crippen LogP contribution in [0.25, 0.3) is 0 Å². The van der Waals surface area contributed by atoms with Gasteiger partial charge in [0.15, 0.2) is 0 Å². The van der Waals surface area contributed by atoms with Crippen LogP contribution >= 0.6 is 0 Å². The summed E-state index contributed by atoms with van der Waals surface area (Å²) in [6.45, 7) is 2.52. The molecule has 2 fully saturated rings. The first kappa shape index (κ1) is 14.2. The van der Waals surface area contributed by atoms with Gasteiger partial charge in [-0.3, -0.25) is 0 Å². The lowest BCUT2D eigenvalue weighted by atomic mass is 9.87. The van der Waals surface area contributed by atoms with Gasteiger partial charge in [0.25, 0.3) is 10.2 Å². The Morgan fingerprint density at radius 2 is 1.78 bits per heavy atom. The number of rotatable bonds is 5. The summed E-state index contributed by atoms with van der Waals surface area (Å²) in [5.74, 6) is 0.714. The highest BCUT2D eigenvalue weighted by Crippen LogP contribution is 2.25. The van der Waals surface area contributed by atoms with Crippen LogP contribution in [0.2, 0.25) is 0 Å². The van der Waals surface area contributed by atoms with Crippen LogP contribution in [0.3, 0.4) is 0 Å². The summed E-state index contributed by atoms with van der Waals surface area (Å²) in [6.07, 6.45) is 7.46. The molecule has 1 N–H and O–H groups in total. The van der Waals surface area contributed by atoms with E-state index in [-0.39, 0.29) is 0 Å². The van der Waals surface area contributed by atoms with Gasteiger partial charge in [0.05, 0.1) is 13.2 Å². The molecule has 1 heterocycles. The summed E-state index contributed by atoms with van der Waals surface area (Å²) in [7, 11) is -3.28. The molecule has 0 radical (unpaired) electrons. The van der Waals surface area contributed by atoms with E-state index in [9.17, 15) is 8.42 Å². The van der Waals surface area contributed by atoms with E-state index in [1.54, 1.807) is 0 Å². The quantitative estimate of drug-likeness (QED) is 0.818. The average Bonchev–Trinajstić information content (AvgIpc) is 2.41. The maximum absolute atomic E-state index is 12.0. The third kappa shape index (κ3) is 4.19. The van der Waals surface area contributed by atoms with Crippen molar-refractivity contribution in [3.05, 3.63) is 0 Å². The lowest BCUT2D eigenvalue weighted by Gasteiger charge is -2.27. The van der Waals surface area contributed by atoms with Gasteiger partial charge in [0.1, 0.15) is 0 Å². The van der Waals surface area contributed by atoms with Crippen molar-refractivity contribution < 1.29 is 13.2 Å². The fraction of sp³-hybridized carbons (Fsp3) is 1.00. The first-order chi connectivity index (χ1) is 8.68. The number of hydrogen-bond acceptors (Lipinski definition) is 3. The Morgan fingerprint density at radius 3 is 2.44 bits per heavy atom. The summed E-state index contributed by atoms with van der Waals surface area (Å²) in [6, 6.07) is 0. The zero-order valence-corrected chi connectivity index (χ0v) is 11.8. The van der Waals surface area contributed by atoms with E-state index >= 15 is 0 Å². The van der Waals surface area contributed by atoms with Crippen molar-refractivity contribution in [2.45, 2.75) is 38.5 Å². The van der Waals surface area contributed by atoms with Crippen molar-refractivity contribution in [2.75, 3.05) is 32.8 Å². The van der Waals surface area contributed by atoms with E-state index < -0.39 is 10.2 Å². The van der Waals surface area contributed by atoms with Crippen molar-refractivity contribution in [1.82, 2.24) is 9.03 Å². The Kier molecular flexibility index (Phi) is 5.41. The van der Waals surface area contributed by atoms with E-state index in [1.165, 1.54) is 36.4 Å². The second kappa shape index (κ2) is 6.84. The van der Waals surface area contributed by atoms with Gasteiger partial charge in [0, 0.05) is 19.6 Å². The van der Waals surface area contributed by atoms with Crippen molar-refractivity contribution in [3.8, 4) is 0 Å². The average molecular weight is 276 g/mol. The molecule has 2 rings (SSSR count). The van der Waals surface area contributed by atoms with Crippen LogP contribution in [-0.2, 0) is 14.9 Å². The molecule has 0 aromatic rings. The first-order valence-corrected chi connectivity index (χ1v) is 8.45. The molecule has 1 saturated heterocycles. The molecule has 0 bridgehead atoms. The Hall–Kier alpha value is -0.170. The lowest BCUT2D eigenvalue weighted by molar-refractivity contribution is 0.0724. The van der Waals surface area contributed by atoms with Crippen LogP contribution in [0.1, 0.15) is 38.5 Å². The Bertz CT molecular complexity index is 333. The number of morpholine rings is 1. The van der Waals surface area contributed by atoms with E-state index in [0.29, 0.717) is 38.8 Å². The topological polar surface area (TPSA) is 58.6 Å². The SMILES string of the molecule is O=S(=O)(NCCC1CCCCC1)N1CCOCC1. The molecule has 0 aromatic carbocycles. The Balaban J connectivity index is 1.70. The Labute approximate surface area is 110 Å². The molecule has 5 nitrogen and oxygen atoms in total. The molecule has 18 heavy (non-hydrogen) atoms. The molecule has 106 valence electrons. The fourth-order valence-electron chi connectivity index (χ4n) is 2.75. The zero-order valence-electron chi connectivity index (χ0n) is 10.9. The highest BCUT2D eigenvalue weighted by atomic mass is 32.2. The molecule has 0 amide bonds. The molecule has 0 spiro atoms. The minimum absolute atomic E-state index is 0.471. The van der Waals surface area contributed by atoms with Gasteiger partial charge in [-0.15, -0.1) is 0 Å². The molecule has 6 heteroatoms. The molecule has 0 aromatic heterocycles. The van der Waals surface area contributed by atoms with Crippen LogP contribution in [0, 0.1) is 5.92 Å². The minimum atomic E-state index is -3.28. The molecule has 2 aliphatic rings. The highest BCUT2D eigenvalue weighted by molar-refractivity contribution is 7.87. The zero-order chi connectivity index (χ0) is 12.8. The fourth-order valence-corrected chi connectivity index (χ4v) is 3.93. The molecular weight excluding hydrogens is 252 g/mol. The van der Waals surface area contributed by atoms with Gasteiger partial charge in [-0.2, -0.15) is 12.7 Å². The number of nitrogens with one attached hydrogen (secondary N) is 1. The minimum Gasteiger partial charge on any atom is -0.379 e. The maximum atomic E-state index is 12.0. The van der Waals surface area contributed by atoms with Gasteiger partial charge in [0.2, 0.25) is 0 Å². The second-order valence-corrected chi connectivity index (χ2v) is 6.96. The van der Waals surface area contributed by atoms with Crippen LogP contribution in [0.15, 0.2) is 0 Å². The molecule has 1 saturated carbocycles. The van der Waals surface area contributed by atoms with Crippen molar-refractivity contribution in [3.63, 3.8) is 0 Å². The normalized spacial score (nSPS) is 24.2. The predicted molar refractivity (Wildman–Crippen MR) is 70.5 cm³/mol. The smallest absolute Gasteiger partial charge is 0.279 e. The summed E-state index contributed by atoms with van der Waals surface area (Å²) in [5, 5.41) is 0. The predicted octanol–water partition coefficient (Wildman–Crippen LogP) is 1.12. The lowest BCUT2D eigenvalue weighted by Crippen LogP contribution is -2.47. The molecular formula is C12H24N2O3S. The van der Waals surface area contributed by atoms with Crippen molar-refractivity contribution >= 4 is 10.2 Å². The van der Waals surface area contributed by atoms with E-state index in [1.807, 2.05) is 0 Å². The summed E-state index contributed by atoms with van der Waals surface area (Å²) in [5.41, 5.74) is 0. The summed E-state index contributed by atoms with van der Waals surface area (Å²) in [4.78, 5) is 0. The van der Waals surface area contributed by atoms with Gasteiger partial charge in [-0.05, 0) is 12.3 Å². The summed E-state index contributed by atoms with van der Waals surface area (Å²) < 4.78 is 33.3. The van der Waals surface area contributed by atoms with Crippen molar-refractivity contribution in [1.29, 1.82) is 0 Å². The first-order valence-electron chi connectivity index (χ1n) is 7.01. The maximum Gasteiger partial charge on any atom is 0.279 e. The standard InChI is InChI=1S/C12H24N2O3S/c15-18(16,14-8-10-17-11-9-14)13-7-6-12-4-2-1-3-5-12/h12-13H,1-11H2. The van der Waals surface area contributed by atoms with Gasteiger partial charge >= 0.3 is 0 Å². The van der Waals surface area contributed by atoms with Gasteiger partial charge in [-0.1, -0.05) is 32.1 Å². The number of nitrogens with zero attached hydrogens (tertiary/aromatic N) is 1. The van der Waals surface area contributed by atoms with Gasteiger partial charge < -0.3 is 4.74 Å². The second-order valence-electron chi connectivity index (χ2n) is 5.20. The summed E-state index contributed by atoms with van der Waals surface area (Å²) >= 11 is 0. The third-order valence-corrected chi connectivity index (χ3v) is 5.49. The largest absolute Gasteiger partial charge is 0.379 e. The van der Waals surface area contributed by atoms with E-state index in [0.717, 1.165) is 6.42 Å². The molecule has 0 unspecified atom stereocenters. The molecule has 1 aliphatic heterocycles. The Morgan fingerprint density at radius 1 is 1.11 bits per heavy atom. The van der Waals surface area contributed by atoms with E-state index in [2.05, 4.69) is 4.72 Å². The molecule has 1 aliphatic carbocycles. The van der Waals surface area contributed by atoms with Crippen LogP contribution in [0.4, 0.5) is 0 Å². The van der Waals surface area contributed by atoms with Crippen LogP contribution in [-0.4, -0.2) is 45.6 Å². The van der Waals surface area contributed by atoms with Crippen molar-refractivity contribution in [2.24, 2.45) is 5.92 Å².